The zero-order valence-corrected chi connectivity index (χ0v) is 23.2. The third-order valence-electron chi connectivity index (χ3n) is 8.23. The number of hydrogen-bond donors (Lipinski definition) is 0. The van der Waals surface area contributed by atoms with Crippen LogP contribution in [-0.2, 0) is 6.42 Å². The maximum Gasteiger partial charge on any atom is 0.0610 e. The molecule has 0 unspecified atom stereocenters. The van der Waals surface area contributed by atoms with Crippen LogP contribution in [0, 0.1) is 0 Å². The van der Waals surface area contributed by atoms with Gasteiger partial charge in [-0.25, -0.2) is 0 Å². The summed E-state index contributed by atoms with van der Waals surface area (Å²) in [5, 5.41) is 5.39. The Bertz CT molecular complexity index is 2170. The van der Waals surface area contributed by atoms with Crippen LogP contribution < -0.4 is 4.90 Å². The van der Waals surface area contributed by atoms with E-state index >= 15 is 0 Å². The van der Waals surface area contributed by atoms with Gasteiger partial charge in [0.05, 0.1) is 11.4 Å². The topological polar surface area (TPSA) is 3.24 Å². The lowest BCUT2D eigenvalue weighted by Gasteiger charge is -2.35. The number of hydrogen-bond acceptors (Lipinski definition) is 3. The Balaban J connectivity index is 1.30. The summed E-state index contributed by atoms with van der Waals surface area (Å²) in [6, 6.07) is 42.5. The van der Waals surface area contributed by atoms with Crippen molar-refractivity contribution in [2.75, 3.05) is 4.90 Å². The first kappa shape index (κ1) is 22.5. The maximum atomic E-state index is 2.48. The molecule has 188 valence electrons. The highest BCUT2D eigenvalue weighted by Crippen LogP contribution is 2.56. The van der Waals surface area contributed by atoms with E-state index in [-0.39, 0.29) is 0 Å². The monoisotopic (exact) mass is 545 g/mol. The summed E-state index contributed by atoms with van der Waals surface area (Å²) in [5.74, 6) is 0. The Morgan fingerprint density at radius 2 is 1.52 bits per heavy atom. The lowest BCUT2D eigenvalue weighted by molar-refractivity contribution is 1.12. The first-order valence-corrected chi connectivity index (χ1v) is 15.3. The van der Waals surface area contributed by atoms with E-state index in [1.165, 1.54) is 80.1 Å². The van der Waals surface area contributed by atoms with Crippen LogP contribution in [0.1, 0.15) is 11.1 Å². The fourth-order valence-electron chi connectivity index (χ4n) is 6.47. The van der Waals surface area contributed by atoms with Gasteiger partial charge in [0, 0.05) is 35.7 Å². The van der Waals surface area contributed by atoms with Crippen molar-refractivity contribution in [2.24, 2.45) is 0 Å². The summed E-state index contributed by atoms with van der Waals surface area (Å²) in [6.45, 7) is 0. The predicted molar refractivity (Wildman–Crippen MR) is 174 cm³/mol. The largest absolute Gasteiger partial charge is 0.308 e. The van der Waals surface area contributed by atoms with E-state index in [1.807, 2.05) is 23.1 Å². The highest BCUT2D eigenvalue weighted by molar-refractivity contribution is 7.99. The van der Waals surface area contributed by atoms with E-state index in [0.29, 0.717) is 0 Å². The molecule has 0 amide bonds. The van der Waals surface area contributed by atoms with Crippen LogP contribution in [0.3, 0.4) is 0 Å². The Morgan fingerprint density at radius 1 is 0.675 bits per heavy atom. The molecule has 1 nitrogen and oxygen atoms in total. The van der Waals surface area contributed by atoms with Crippen molar-refractivity contribution in [3.8, 4) is 11.1 Å². The SMILES string of the molecule is C1=Cc2cccc3cc4c(c(c23)C1)Sc1ccc(-c2cccc3c2sc2ccccc23)cc1N4c1ccccc1. The lowest BCUT2D eigenvalue weighted by Crippen LogP contribution is -2.16. The molecule has 6 aromatic carbocycles. The van der Waals surface area contributed by atoms with Gasteiger partial charge in [0.15, 0.2) is 0 Å². The van der Waals surface area contributed by atoms with Crippen molar-refractivity contribution in [3.05, 3.63) is 132 Å². The molecule has 0 saturated carbocycles. The van der Waals surface area contributed by atoms with Crippen LogP contribution in [0.15, 0.2) is 131 Å². The standard InChI is InChI=1S/C37H23NS2/c1-2-12-26(13-3-1)38-31-21-24(27-15-8-16-29-28-14-4-5-18-33(28)39-36(27)29)19-20-34(31)40-37-30-17-7-10-23-9-6-11-25(35(23)30)22-32(37)38/h1-16,18-22H,17H2. The summed E-state index contributed by atoms with van der Waals surface area (Å²) >= 11 is 3.82. The molecule has 0 N–H and O–H groups in total. The quantitative estimate of drug-likeness (QED) is 0.212. The fourth-order valence-corrected chi connectivity index (χ4v) is 8.88. The lowest BCUT2D eigenvalue weighted by atomic mass is 9.92. The summed E-state index contributed by atoms with van der Waals surface area (Å²) in [7, 11) is 0. The molecule has 2 aliphatic rings. The van der Waals surface area contributed by atoms with Gasteiger partial charge in [0.2, 0.25) is 0 Å². The van der Waals surface area contributed by atoms with Crippen LogP contribution in [0.5, 0.6) is 0 Å². The molecule has 1 aliphatic heterocycles. The summed E-state index contributed by atoms with van der Waals surface area (Å²) in [6.07, 6.45) is 5.56. The second-order valence-corrected chi connectivity index (χ2v) is 12.6. The zero-order valence-electron chi connectivity index (χ0n) is 21.6. The van der Waals surface area contributed by atoms with Crippen LogP contribution in [0.25, 0.3) is 48.1 Å². The molecule has 0 spiro atoms. The molecule has 3 heteroatoms. The van der Waals surface area contributed by atoms with E-state index in [4.69, 9.17) is 0 Å². The smallest absolute Gasteiger partial charge is 0.0610 e. The fraction of sp³-hybridized carbons (Fsp3) is 0.0270. The summed E-state index contributed by atoms with van der Waals surface area (Å²) in [4.78, 5) is 5.16. The molecule has 0 radical (unpaired) electrons. The molecular formula is C37H23NS2. The molecular weight excluding hydrogens is 523 g/mol. The van der Waals surface area contributed by atoms with E-state index in [9.17, 15) is 0 Å². The van der Waals surface area contributed by atoms with Crippen LogP contribution in [-0.4, -0.2) is 0 Å². The molecule has 1 aromatic heterocycles. The number of para-hydroxylation sites is 1. The van der Waals surface area contributed by atoms with Gasteiger partial charge < -0.3 is 4.90 Å². The van der Waals surface area contributed by atoms with Crippen LogP contribution in [0.4, 0.5) is 17.1 Å². The normalized spacial score (nSPS) is 13.7. The van der Waals surface area contributed by atoms with Crippen molar-refractivity contribution in [3.63, 3.8) is 0 Å². The highest BCUT2D eigenvalue weighted by atomic mass is 32.2. The Kier molecular flexibility index (Phi) is 4.83. The van der Waals surface area contributed by atoms with Gasteiger partial charge in [-0.2, -0.15) is 0 Å². The van der Waals surface area contributed by atoms with E-state index in [0.717, 1.165) is 6.42 Å². The van der Waals surface area contributed by atoms with Crippen molar-refractivity contribution >= 4 is 77.2 Å². The number of rotatable bonds is 2. The molecule has 40 heavy (non-hydrogen) atoms. The minimum absolute atomic E-state index is 0.966. The second-order valence-electron chi connectivity index (χ2n) is 10.5. The Morgan fingerprint density at radius 3 is 2.48 bits per heavy atom. The van der Waals surface area contributed by atoms with Crippen molar-refractivity contribution in [1.29, 1.82) is 0 Å². The second kappa shape index (κ2) is 8.59. The molecule has 0 fully saturated rings. The Labute approximate surface area is 241 Å². The number of fused-ring (bicyclic) bond motifs is 6. The van der Waals surface area contributed by atoms with Crippen molar-refractivity contribution in [2.45, 2.75) is 16.2 Å². The van der Waals surface area contributed by atoms with Gasteiger partial charge in [0.1, 0.15) is 0 Å². The summed E-state index contributed by atoms with van der Waals surface area (Å²) in [5.41, 5.74) is 9.04. The highest BCUT2D eigenvalue weighted by Gasteiger charge is 2.29. The van der Waals surface area contributed by atoms with Crippen LogP contribution in [0.2, 0.25) is 0 Å². The van der Waals surface area contributed by atoms with Gasteiger partial charge in [0.25, 0.3) is 0 Å². The third-order valence-corrected chi connectivity index (χ3v) is 10.7. The summed E-state index contributed by atoms with van der Waals surface area (Å²) < 4.78 is 2.70. The molecule has 7 aromatic rings. The molecule has 0 bridgehead atoms. The third kappa shape index (κ3) is 3.22. The molecule has 1 aliphatic carbocycles. The predicted octanol–water partition coefficient (Wildman–Crippen LogP) is 11.4. The van der Waals surface area contributed by atoms with E-state index < -0.39 is 0 Å². The van der Waals surface area contributed by atoms with Gasteiger partial charge in [-0.05, 0) is 75.8 Å². The number of benzene rings is 6. The average Bonchev–Trinajstić information content (AvgIpc) is 3.40. The number of nitrogens with zero attached hydrogens (tertiary/aromatic N) is 1. The molecule has 9 rings (SSSR count). The molecule has 0 atom stereocenters. The first-order valence-electron chi connectivity index (χ1n) is 13.7. The van der Waals surface area contributed by atoms with E-state index in [2.05, 4.69) is 132 Å². The van der Waals surface area contributed by atoms with E-state index in [1.54, 1.807) is 0 Å². The maximum absolute atomic E-state index is 2.48. The first-order chi connectivity index (χ1) is 19.8. The van der Waals surface area contributed by atoms with Gasteiger partial charge in [-0.3, -0.25) is 0 Å². The zero-order chi connectivity index (χ0) is 26.2. The average molecular weight is 546 g/mol. The van der Waals surface area contributed by atoms with Gasteiger partial charge in [-0.15, -0.1) is 11.3 Å². The minimum atomic E-state index is 0.966. The number of allylic oxidation sites excluding steroid dienone is 1. The minimum Gasteiger partial charge on any atom is -0.308 e. The van der Waals surface area contributed by atoms with Crippen molar-refractivity contribution in [1.82, 2.24) is 0 Å². The molecule has 0 saturated heterocycles. The number of thiophene rings is 1. The van der Waals surface area contributed by atoms with Crippen molar-refractivity contribution < 1.29 is 0 Å². The van der Waals surface area contributed by atoms with Gasteiger partial charge in [-0.1, -0.05) is 103 Å². The van der Waals surface area contributed by atoms with Crippen LogP contribution >= 0.6 is 23.1 Å². The number of anilines is 3. The van der Waals surface area contributed by atoms with Gasteiger partial charge >= 0.3 is 0 Å². The molecule has 2 heterocycles. The Hall–Kier alpha value is -4.31.